The summed E-state index contributed by atoms with van der Waals surface area (Å²) in [7, 11) is 0. The predicted molar refractivity (Wildman–Crippen MR) is 86.6 cm³/mol. The van der Waals surface area contributed by atoms with Crippen LogP contribution in [-0.4, -0.2) is 23.0 Å². The Balaban J connectivity index is 2.03. The number of nitrogens with two attached hydrogens (primary N) is 1. The number of fused-ring (bicyclic) bond motifs is 2. The van der Waals surface area contributed by atoms with Crippen molar-refractivity contribution < 1.29 is 4.92 Å². The molecule has 2 aliphatic rings. The lowest BCUT2D eigenvalue weighted by molar-refractivity contribution is -0.385. The molecule has 0 saturated carbocycles. The van der Waals surface area contributed by atoms with Gasteiger partial charge in [0.05, 0.1) is 10.6 Å². The van der Waals surface area contributed by atoms with Gasteiger partial charge in [-0.1, -0.05) is 0 Å². The number of aryl methyl sites for hydroxylation is 1. The first-order valence-corrected chi connectivity index (χ1v) is 8.25. The molecule has 2 unspecified atom stereocenters. The van der Waals surface area contributed by atoms with Crippen LogP contribution in [0, 0.1) is 17.0 Å². The summed E-state index contributed by atoms with van der Waals surface area (Å²) in [5, 5.41) is 11.2. The van der Waals surface area contributed by atoms with E-state index in [4.69, 9.17) is 5.73 Å². The number of hydrogen-bond acceptors (Lipinski definition) is 4. The Bertz CT molecular complexity index is 564. The van der Waals surface area contributed by atoms with Crippen LogP contribution in [-0.2, 0) is 0 Å². The molecule has 1 aromatic rings. The molecule has 2 saturated heterocycles. The molecule has 2 atom stereocenters. The lowest BCUT2D eigenvalue weighted by atomic mass is 9.81. The lowest BCUT2D eigenvalue weighted by Gasteiger charge is -2.50. The van der Waals surface area contributed by atoms with E-state index in [9.17, 15) is 10.1 Å². The number of piperidine rings is 2. The van der Waals surface area contributed by atoms with Crippen LogP contribution < -0.4 is 10.6 Å². The summed E-state index contributed by atoms with van der Waals surface area (Å²) in [6.07, 6.45) is 5.43. The Morgan fingerprint density at radius 1 is 1.33 bits per heavy atom. The largest absolute Gasteiger partial charge is 0.364 e. The van der Waals surface area contributed by atoms with Gasteiger partial charge in [0, 0.05) is 34.2 Å². The maximum Gasteiger partial charge on any atom is 0.274 e. The second-order valence-electron chi connectivity index (χ2n) is 6.22. The van der Waals surface area contributed by atoms with Crippen molar-refractivity contribution in [2.24, 2.45) is 5.73 Å². The van der Waals surface area contributed by atoms with Gasteiger partial charge < -0.3 is 10.6 Å². The van der Waals surface area contributed by atoms with Crippen molar-refractivity contribution in [3.63, 3.8) is 0 Å². The van der Waals surface area contributed by atoms with Gasteiger partial charge in [0.1, 0.15) is 0 Å². The number of nitrogens with zero attached hydrogens (tertiary/aromatic N) is 2. The highest BCUT2D eigenvalue weighted by atomic mass is 79.9. The van der Waals surface area contributed by atoms with E-state index in [1.807, 2.05) is 6.07 Å². The van der Waals surface area contributed by atoms with Crippen LogP contribution in [0.4, 0.5) is 11.4 Å². The molecule has 0 amide bonds. The summed E-state index contributed by atoms with van der Waals surface area (Å²) in [6.45, 7) is 1.78. The van der Waals surface area contributed by atoms with Crippen molar-refractivity contribution in [2.75, 3.05) is 4.90 Å². The van der Waals surface area contributed by atoms with Gasteiger partial charge >= 0.3 is 0 Å². The van der Waals surface area contributed by atoms with Gasteiger partial charge in [-0.3, -0.25) is 10.1 Å². The molecule has 114 valence electrons. The second-order valence-corrected chi connectivity index (χ2v) is 7.08. The minimum atomic E-state index is -0.295. The zero-order valence-electron chi connectivity index (χ0n) is 12.1. The van der Waals surface area contributed by atoms with E-state index in [1.54, 1.807) is 13.0 Å². The Hall–Kier alpha value is -1.14. The van der Waals surface area contributed by atoms with E-state index in [2.05, 4.69) is 20.8 Å². The first-order valence-electron chi connectivity index (χ1n) is 7.46. The van der Waals surface area contributed by atoms with Gasteiger partial charge in [-0.05, 0) is 61.0 Å². The van der Waals surface area contributed by atoms with Crippen molar-refractivity contribution >= 4 is 27.3 Å². The molecular weight excluding hydrogens is 334 g/mol. The van der Waals surface area contributed by atoms with E-state index in [0.29, 0.717) is 17.6 Å². The average Bonchev–Trinajstić information content (AvgIpc) is 2.38. The normalized spacial score (nSPS) is 28.5. The van der Waals surface area contributed by atoms with E-state index >= 15 is 0 Å². The molecule has 2 bridgehead atoms. The van der Waals surface area contributed by atoms with Crippen LogP contribution in [0.5, 0.6) is 0 Å². The van der Waals surface area contributed by atoms with E-state index in [0.717, 1.165) is 35.8 Å². The number of anilines is 1. The number of halogens is 1. The van der Waals surface area contributed by atoms with Gasteiger partial charge in [-0.15, -0.1) is 0 Å². The molecule has 0 spiro atoms. The van der Waals surface area contributed by atoms with E-state index in [1.165, 1.54) is 6.42 Å². The summed E-state index contributed by atoms with van der Waals surface area (Å²) in [5.41, 5.74) is 8.00. The number of hydrogen-bond donors (Lipinski definition) is 1. The molecule has 2 fully saturated rings. The molecule has 21 heavy (non-hydrogen) atoms. The fourth-order valence-electron chi connectivity index (χ4n) is 3.86. The van der Waals surface area contributed by atoms with Crippen molar-refractivity contribution in [2.45, 2.75) is 57.2 Å². The quantitative estimate of drug-likeness (QED) is 0.652. The monoisotopic (exact) mass is 353 g/mol. The van der Waals surface area contributed by atoms with Crippen molar-refractivity contribution in [3.05, 3.63) is 32.3 Å². The standard InChI is InChI=1S/C15H20BrN3O2/c1-9-5-13(16)15(8-14(9)19(20)21)18-11-3-2-4-12(18)7-10(17)6-11/h5,8,10-12H,2-4,6-7,17H2,1H3. The summed E-state index contributed by atoms with van der Waals surface area (Å²) in [5.74, 6) is 0. The fraction of sp³-hybridized carbons (Fsp3) is 0.600. The van der Waals surface area contributed by atoms with Gasteiger partial charge in [0.25, 0.3) is 5.69 Å². The molecule has 0 aliphatic carbocycles. The lowest BCUT2D eigenvalue weighted by Crippen LogP contribution is -2.55. The molecular formula is C15H20BrN3O2. The molecule has 2 heterocycles. The molecule has 5 nitrogen and oxygen atoms in total. The zero-order valence-corrected chi connectivity index (χ0v) is 13.7. The number of nitro benzene ring substituents is 1. The van der Waals surface area contributed by atoms with Gasteiger partial charge in [-0.2, -0.15) is 0 Å². The maximum absolute atomic E-state index is 11.2. The minimum Gasteiger partial charge on any atom is -0.364 e. The third-order valence-electron chi connectivity index (χ3n) is 4.75. The Morgan fingerprint density at radius 2 is 1.95 bits per heavy atom. The van der Waals surface area contributed by atoms with Crippen LogP contribution in [0.1, 0.15) is 37.7 Å². The molecule has 0 radical (unpaired) electrons. The Labute approximate surface area is 132 Å². The molecule has 0 aromatic heterocycles. The van der Waals surface area contributed by atoms with Crippen molar-refractivity contribution in [1.29, 1.82) is 0 Å². The zero-order chi connectivity index (χ0) is 15.1. The highest BCUT2D eigenvalue weighted by Crippen LogP contribution is 2.42. The third-order valence-corrected chi connectivity index (χ3v) is 5.39. The van der Waals surface area contributed by atoms with E-state index < -0.39 is 0 Å². The Kier molecular flexibility index (Phi) is 3.92. The summed E-state index contributed by atoms with van der Waals surface area (Å²) >= 11 is 3.59. The smallest absolute Gasteiger partial charge is 0.274 e. The maximum atomic E-state index is 11.2. The minimum absolute atomic E-state index is 0.196. The van der Waals surface area contributed by atoms with Crippen LogP contribution in [0.3, 0.4) is 0 Å². The SMILES string of the molecule is Cc1cc(Br)c(N2C3CCCC2CC(N)C3)cc1[N+](=O)[O-]. The topological polar surface area (TPSA) is 72.4 Å². The number of nitro groups is 1. The highest BCUT2D eigenvalue weighted by molar-refractivity contribution is 9.10. The van der Waals surface area contributed by atoms with E-state index in [-0.39, 0.29) is 16.7 Å². The fourth-order valence-corrected chi connectivity index (χ4v) is 4.52. The number of benzene rings is 1. The van der Waals surface area contributed by atoms with Gasteiger partial charge in [-0.25, -0.2) is 0 Å². The summed E-state index contributed by atoms with van der Waals surface area (Å²) in [6, 6.07) is 4.66. The first kappa shape index (κ1) is 14.8. The molecule has 2 N–H and O–H groups in total. The third kappa shape index (κ3) is 2.66. The second kappa shape index (κ2) is 5.57. The molecule has 3 rings (SSSR count). The molecule has 2 aliphatic heterocycles. The van der Waals surface area contributed by atoms with Crippen LogP contribution in [0.2, 0.25) is 0 Å². The van der Waals surface area contributed by atoms with Gasteiger partial charge in [0.2, 0.25) is 0 Å². The van der Waals surface area contributed by atoms with Crippen LogP contribution in [0.25, 0.3) is 0 Å². The summed E-state index contributed by atoms with van der Waals surface area (Å²) in [4.78, 5) is 13.3. The van der Waals surface area contributed by atoms with Crippen molar-refractivity contribution in [1.82, 2.24) is 0 Å². The molecule has 6 heteroatoms. The van der Waals surface area contributed by atoms with Gasteiger partial charge in [0.15, 0.2) is 0 Å². The summed E-state index contributed by atoms with van der Waals surface area (Å²) < 4.78 is 0.943. The van der Waals surface area contributed by atoms with Crippen LogP contribution >= 0.6 is 15.9 Å². The average molecular weight is 354 g/mol. The Morgan fingerprint density at radius 3 is 2.52 bits per heavy atom. The first-order chi connectivity index (χ1) is 9.97. The number of rotatable bonds is 2. The highest BCUT2D eigenvalue weighted by Gasteiger charge is 2.38. The predicted octanol–water partition coefficient (Wildman–Crippen LogP) is 3.51. The van der Waals surface area contributed by atoms with Crippen molar-refractivity contribution in [3.8, 4) is 0 Å². The molecule has 1 aromatic carbocycles. The van der Waals surface area contributed by atoms with Crippen LogP contribution in [0.15, 0.2) is 16.6 Å².